The molecule has 0 saturated carbocycles. The number of fused-ring (bicyclic) bond motifs is 1. The molecule has 10 heteroatoms. The second-order valence-electron chi connectivity index (χ2n) is 10.1. The molecule has 2 aromatic carbocycles. The minimum atomic E-state index is -0.331. The molecule has 3 heterocycles. The van der Waals surface area contributed by atoms with Crippen molar-refractivity contribution in [2.24, 2.45) is 0 Å². The monoisotopic (exact) mass is 566 g/mol. The van der Waals surface area contributed by atoms with Gasteiger partial charge < -0.3 is 24.6 Å². The van der Waals surface area contributed by atoms with E-state index in [1.54, 1.807) is 28.4 Å². The number of carbonyl (C=O) groups is 2. The normalized spacial score (nSPS) is 17.2. The van der Waals surface area contributed by atoms with Crippen molar-refractivity contribution < 1.29 is 23.5 Å². The topological polar surface area (TPSA) is 74.4 Å². The first-order chi connectivity index (χ1) is 19.5. The highest BCUT2D eigenvalue weighted by molar-refractivity contribution is 7.10. The Hall–Kier alpha value is -3.47. The molecule has 1 aromatic heterocycles. The highest BCUT2D eigenvalue weighted by Crippen LogP contribution is 2.34. The van der Waals surface area contributed by atoms with Crippen LogP contribution in [0, 0.1) is 12.7 Å². The van der Waals surface area contributed by atoms with Gasteiger partial charge in [-0.25, -0.2) is 9.18 Å². The van der Waals surface area contributed by atoms with Crippen molar-refractivity contribution in [3.05, 3.63) is 81.8 Å². The van der Waals surface area contributed by atoms with Crippen molar-refractivity contribution in [3.63, 3.8) is 0 Å². The van der Waals surface area contributed by atoms with Crippen LogP contribution in [0.1, 0.15) is 22.0 Å². The van der Waals surface area contributed by atoms with E-state index >= 15 is 0 Å². The average molecular weight is 567 g/mol. The molecule has 1 saturated heterocycles. The highest BCUT2D eigenvalue weighted by atomic mass is 32.1. The van der Waals surface area contributed by atoms with Gasteiger partial charge in [0.25, 0.3) is 0 Å². The molecule has 40 heavy (non-hydrogen) atoms. The zero-order valence-electron chi connectivity index (χ0n) is 22.7. The van der Waals surface area contributed by atoms with Crippen LogP contribution < -0.4 is 10.1 Å². The molecular formula is C30H35FN4O4S. The van der Waals surface area contributed by atoms with Crippen molar-refractivity contribution in [2.75, 3.05) is 64.4 Å². The summed E-state index contributed by atoms with van der Waals surface area (Å²) in [6.45, 7) is 6.74. The Kier molecular flexibility index (Phi) is 9.30. The number of halogens is 1. The van der Waals surface area contributed by atoms with E-state index in [4.69, 9.17) is 9.47 Å². The largest absolute Gasteiger partial charge is 0.491 e. The van der Waals surface area contributed by atoms with Gasteiger partial charge in [0.2, 0.25) is 5.91 Å². The van der Waals surface area contributed by atoms with Gasteiger partial charge in [0.05, 0.1) is 19.3 Å². The fraction of sp³-hybridized carbons (Fsp3) is 0.400. The number of urea groups is 1. The van der Waals surface area contributed by atoms with Gasteiger partial charge >= 0.3 is 6.03 Å². The Morgan fingerprint density at radius 1 is 1.07 bits per heavy atom. The van der Waals surface area contributed by atoms with E-state index in [0.29, 0.717) is 44.3 Å². The molecule has 3 aromatic rings. The van der Waals surface area contributed by atoms with Crippen LogP contribution in [-0.2, 0) is 16.0 Å². The molecule has 1 atom stereocenters. The molecular weight excluding hydrogens is 531 g/mol. The molecule has 2 aliphatic rings. The number of hydrogen-bond acceptors (Lipinski definition) is 6. The number of ether oxygens (including phenoxy) is 2. The summed E-state index contributed by atoms with van der Waals surface area (Å²) in [7, 11) is 0. The van der Waals surface area contributed by atoms with E-state index in [1.165, 1.54) is 17.0 Å². The van der Waals surface area contributed by atoms with E-state index in [9.17, 15) is 14.0 Å². The molecule has 2 aliphatic heterocycles. The summed E-state index contributed by atoms with van der Waals surface area (Å²) >= 11 is 1.68. The molecule has 212 valence electrons. The van der Waals surface area contributed by atoms with Gasteiger partial charge in [-0.15, -0.1) is 11.3 Å². The predicted molar refractivity (Wildman–Crippen MR) is 153 cm³/mol. The Bertz CT molecular complexity index is 1280. The third kappa shape index (κ3) is 7.18. The first-order valence-electron chi connectivity index (χ1n) is 13.6. The summed E-state index contributed by atoms with van der Waals surface area (Å²) in [6, 6.07) is 14.9. The number of benzene rings is 2. The molecule has 0 bridgehead atoms. The number of morpholine rings is 1. The molecule has 0 spiro atoms. The maximum atomic E-state index is 13.8. The first-order valence-corrected chi connectivity index (χ1v) is 14.5. The zero-order valence-corrected chi connectivity index (χ0v) is 23.5. The minimum Gasteiger partial charge on any atom is -0.491 e. The van der Waals surface area contributed by atoms with Crippen LogP contribution in [0.2, 0.25) is 0 Å². The van der Waals surface area contributed by atoms with Gasteiger partial charge in [-0.2, -0.15) is 0 Å². The smallest absolute Gasteiger partial charge is 0.322 e. The van der Waals surface area contributed by atoms with Crippen LogP contribution in [0.25, 0.3) is 0 Å². The van der Waals surface area contributed by atoms with Gasteiger partial charge in [-0.1, -0.05) is 17.7 Å². The lowest BCUT2D eigenvalue weighted by Gasteiger charge is -2.37. The van der Waals surface area contributed by atoms with E-state index in [0.717, 1.165) is 30.6 Å². The first kappa shape index (κ1) is 28.1. The van der Waals surface area contributed by atoms with Crippen LogP contribution in [0.5, 0.6) is 5.75 Å². The highest BCUT2D eigenvalue weighted by Gasteiger charge is 2.33. The Morgan fingerprint density at radius 3 is 2.58 bits per heavy atom. The lowest BCUT2D eigenvalue weighted by Crippen LogP contribution is -2.50. The summed E-state index contributed by atoms with van der Waals surface area (Å²) < 4.78 is 24.8. The third-order valence-corrected chi connectivity index (χ3v) is 8.34. The summed E-state index contributed by atoms with van der Waals surface area (Å²) in [5.74, 6) is 0.0781. The van der Waals surface area contributed by atoms with Crippen molar-refractivity contribution in [1.82, 2.24) is 14.7 Å². The summed E-state index contributed by atoms with van der Waals surface area (Å²) in [5.41, 5.74) is 2.85. The number of carbonyl (C=O) groups excluding carboxylic acids is 2. The van der Waals surface area contributed by atoms with E-state index < -0.39 is 0 Å². The predicted octanol–water partition coefficient (Wildman–Crippen LogP) is 4.57. The lowest BCUT2D eigenvalue weighted by atomic mass is 10.0. The molecule has 1 N–H and O–H groups in total. The summed E-state index contributed by atoms with van der Waals surface area (Å²) in [5, 5.41) is 4.99. The molecule has 0 radical (unpaired) electrons. The number of anilines is 1. The zero-order chi connectivity index (χ0) is 27.9. The van der Waals surface area contributed by atoms with E-state index in [-0.39, 0.29) is 36.9 Å². The number of nitrogens with zero attached hydrogens (tertiary/aromatic N) is 3. The Balaban J connectivity index is 1.30. The van der Waals surface area contributed by atoms with Crippen molar-refractivity contribution in [3.8, 4) is 5.75 Å². The molecule has 3 amide bonds. The molecule has 8 nitrogen and oxygen atoms in total. The number of nitrogens with one attached hydrogen (secondary N) is 1. The second kappa shape index (κ2) is 13.3. The SMILES string of the molecule is Cc1ccc(NC(=O)N(CCN2CCOCC2)CC(=O)N2CCc3sccc3[C@H]2COc2ccc(F)cc2)cc1. The number of aryl methyl sites for hydroxylation is 1. The fourth-order valence-electron chi connectivity index (χ4n) is 5.01. The maximum Gasteiger partial charge on any atom is 0.322 e. The quantitative estimate of drug-likeness (QED) is 0.411. The standard InChI is InChI=1S/C30H35FN4O4S/c1-22-2-6-24(7-3-22)32-30(37)34(14-13-33-15-17-38-18-16-33)20-29(36)35-12-10-28-26(11-19-40-28)27(35)21-39-25-8-4-23(31)5-9-25/h2-9,11,19,27H,10,12-18,20-21H2,1H3,(H,32,37)/t27-/m1/s1. The van der Waals surface area contributed by atoms with Gasteiger partial charge in [0, 0.05) is 43.3 Å². The summed E-state index contributed by atoms with van der Waals surface area (Å²) in [6.07, 6.45) is 0.759. The van der Waals surface area contributed by atoms with E-state index in [2.05, 4.69) is 10.2 Å². The van der Waals surface area contributed by atoms with Gasteiger partial charge in [0.15, 0.2) is 0 Å². The van der Waals surface area contributed by atoms with Crippen molar-refractivity contribution in [2.45, 2.75) is 19.4 Å². The number of hydrogen-bond donors (Lipinski definition) is 1. The molecule has 1 fully saturated rings. The second-order valence-corrected chi connectivity index (χ2v) is 11.1. The Morgan fingerprint density at radius 2 is 1.82 bits per heavy atom. The van der Waals surface area contributed by atoms with Gasteiger partial charge in [-0.05, 0) is 66.8 Å². The minimum absolute atomic E-state index is 0.0471. The number of amides is 3. The van der Waals surface area contributed by atoms with Gasteiger partial charge in [0.1, 0.15) is 24.7 Å². The van der Waals surface area contributed by atoms with Crippen molar-refractivity contribution >= 4 is 29.0 Å². The van der Waals surface area contributed by atoms with Crippen molar-refractivity contribution in [1.29, 1.82) is 0 Å². The number of rotatable bonds is 9. The van der Waals surface area contributed by atoms with Crippen LogP contribution >= 0.6 is 11.3 Å². The Labute approximate surface area is 238 Å². The molecule has 0 aliphatic carbocycles. The van der Waals surface area contributed by atoms with Crippen LogP contribution in [0.15, 0.2) is 60.0 Å². The van der Waals surface area contributed by atoms with E-state index in [1.807, 2.05) is 47.5 Å². The molecule has 5 rings (SSSR count). The number of thiophene rings is 1. The third-order valence-electron chi connectivity index (χ3n) is 7.34. The van der Waals surface area contributed by atoms with Crippen LogP contribution in [0.3, 0.4) is 0 Å². The molecule has 0 unspecified atom stereocenters. The average Bonchev–Trinajstić information content (AvgIpc) is 3.46. The summed E-state index contributed by atoms with van der Waals surface area (Å²) in [4.78, 5) is 34.1. The van der Waals surface area contributed by atoms with Crippen LogP contribution in [-0.4, -0.2) is 85.7 Å². The lowest BCUT2D eigenvalue weighted by molar-refractivity contribution is -0.135. The van der Waals surface area contributed by atoms with Gasteiger partial charge in [-0.3, -0.25) is 9.69 Å². The maximum absolute atomic E-state index is 13.8. The van der Waals surface area contributed by atoms with Crippen LogP contribution in [0.4, 0.5) is 14.9 Å². The fourth-order valence-corrected chi connectivity index (χ4v) is 5.94.